The van der Waals surface area contributed by atoms with Crippen molar-refractivity contribution in [1.82, 2.24) is 4.98 Å². The van der Waals surface area contributed by atoms with Crippen molar-refractivity contribution in [2.75, 3.05) is 0 Å². The Morgan fingerprint density at radius 1 is 1.24 bits per heavy atom. The van der Waals surface area contributed by atoms with E-state index in [-0.39, 0.29) is 7.52 Å². The molecular formula is C13H15NS11. The van der Waals surface area contributed by atoms with Crippen LogP contribution in [0.25, 0.3) is 10.2 Å². The first kappa shape index (κ1) is 22.7. The van der Waals surface area contributed by atoms with Crippen molar-refractivity contribution in [3.63, 3.8) is 0 Å². The van der Waals surface area contributed by atoms with E-state index in [1.54, 1.807) is 38.0 Å². The molecule has 0 N–H and O–H groups in total. The highest BCUT2D eigenvalue weighted by molar-refractivity contribution is 9.15. The lowest BCUT2D eigenvalue weighted by atomic mass is 10.2. The van der Waals surface area contributed by atoms with E-state index < -0.39 is 0 Å². The summed E-state index contributed by atoms with van der Waals surface area (Å²) in [5.41, 5.74) is 2.53. The summed E-state index contributed by atoms with van der Waals surface area (Å²) in [4.78, 5) is 4.79. The molecule has 1 nitrogen and oxygen atoms in total. The number of rotatable bonds is 5. The summed E-state index contributed by atoms with van der Waals surface area (Å²) in [7, 11) is 14.3. The molecule has 2 rings (SSSR count). The van der Waals surface area contributed by atoms with Crippen molar-refractivity contribution in [1.29, 1.82) is 0 Å². The van der Waals surface area contributed by atoms with Gasteiger partial charge >= 0.3 is 0 Å². The lowest BCUT2D eigenvalue weighted by molar-refractivity contribution is 1.12. The van der Waals surface area contributed by atoms with Gasteiger partial charge in [-0.2, -0.15) is 0 Å². The molecule has 0 spiro atoms. The van der Waals surface area contributed by atoms with Crippen LogP contribution in [0, 0.1) is 0 Å². The number of hydrogen-bond donors (Lipinski definition) is 0. The molecule has 25 heavy (non-hydrogen) atoms. The highest BCUT2D eigenvalue weighted by Gasteiger charge is 2.11. The van der Waals surface area contributed by atoms with E-state index in [4.69, 9.17) is 16.2 Å². The Labute approximate surface area is 184 Å². The van der Waals surface area contributed by atoms with Crippen molar-refractivity contribution < 1.29 is 0 Å². The fourth-order valence-corrected chi connectivity index (χ4v) is 29.3. The van der Waals surface area contributed by atoms with Gasteiger partial charge in [0.25, 0.3) is 0 Å². The highest BCUT2D eigenvalue weighted by atomic mass is 33.7. The number of aromatic nitrogens is 1. The normalized spacial score (nSPS) is 13.8. The summed E-state index contributed by atoms with van der Waals surface area (Å²) < 4.78 is 2.42. The molecule has 0 amide bonds. The van der Waals surface area contributed by atoms with Gasteiger partial charge in [0, 0.05) is 12.8 Å². The van der Waals surface area contributed by atoms with Crippen molar-refractivity contribution in [2.24, 2.45) is 0 Å². The molecule has 1 aromatic heterocycles. The smallest absolute Gasteiger partial charge is 0.162 e. The van der Waals surface area contributed by atoms with E-state index in [0.29, 0.717) is 5.25 Å². The van der Waals surface area contributed by atoms with Gasteiger partial charge < -0.3 is 0 Å². The minimum absolute atomic E-state index is 0.0839. The second-order valence-corrected chi connectivity index (χ2v) is 24.2. The third-order valence-corrected chi connectivity index (χ3v) is 26.2. The van der Waals surface area contributed by atoms with Crippen LogP contribution >= 0.6 is 32.9 Å². The Balaban J connectivity index is 2.40. The fourth-order valence-electron chi connectivity index (χ4n) is 1.49. The first-order valence-corrected chi connectivity index (χ1v) is 20.6. The van der Waals surface area contributed by atoms with E-state index >= 15 is 0 Å². The Kier molecular flexibility index (Phi) is 11.6. The minimum atomic E-state index is 0.0839. The molecule has 0 radical (unpaired) electrons. The summed E-state index contributed by atoms with van der Waals surface area (Å²) in [6.45, 7) is 6.61. The van der Waals surface area contributed by atoms with E-state index in [9.17, 15) is 0 Å². The zero-order valence-corrected chi connectivity index (χ0v) is 22.4. The van der Waals surface area contributed by atoms with Crippen molar-refractivity contribution >= 4 is 115 Å². The summed E-state index contributed by atoms with van der Waals surface area (Å²) >= 11 is 6.67. The summed E-state index contributed by atoms with van der Waals surface area (Å²) in [6.07, 6.45) is 2.21. The molecule has 2 aromatic rings. The standard InChI is InChI=1S/C13H15NS11/c1-4-9(2)10(3)17-25(24-23-22-21-20-19-15)18-13-14-11-7-5-6-8-12(11)16-13/h4-8,10H,1-3H3/b9-4+. The van der Waals surface area contributed by atoms with Gasteiger partial charge in [-0.3, -0.25) is 0 Å². The van der Waals surface area contributed by atoms with E-state index in [1.807, 2.05) is 39.3 Å². The second-order valence-electron chi connectivity index (χ2n) is 4.41. The van der Waals surface area contributed by atoms with Crippen LogP contribution in [0.3, 0.4) is 0 Å². The van der Waals surface area contributed by atoms with Gasteiger partial charge in [-0.15, -0.1) is 11.3 Å². The molecule has 1 aromatic carbocycles. The van der Waals surface area contributed by atoms with Crippen LogP contribution in [0.5, 0.6) is 0 Å². The minimum Gasteiger partial charge on any atom is -0.229 e. The van der Waals surface area contributed by atoms with Crippen LogP contribution in [0.1, 0.15) is 20.8 Å². The van der Waals surface area contributed by atoms with Gasteiger partial charge in [0.15, 0.2) is 4.34 Å². The second kappa shape index (κ2) is 12.8. The molecule has 0 fully saturated rings. The predicted octanol–water partition coefficient (Wildman–Crippen LogP) is 5.37. The van der Waals surface area contributed by atoms with Gasteiger partial charge in [0.05, 0.1) is 10.2 Å². The monoisotopic (exact) mass is 537 g/mol. The molecule has 1 heterocycles. The zero-order chi connectivity index (χ0) is 18.1. The third kappa shape index (κ3) is 8.14. The van der Waals surface area contributed by atoms with E-state index in [1.165, 1.54) is 19.2 Å². The lowest BCUT2D eigenvalue weighted by Gasteiger charge is -2.11. The van der Waals surface area contributed by atoms with Gasteiger partial charge in [0.1, 0.15) is 0 Å². The number of benzene rings is 1. The number of nitrogens with zero attached hydrogens (tertiary/aromatic N) is 1. The number of thiazole rings is 1. The molecule has 0 bridgehead atoms. The van der Waals surface area contributed by atoms with Crippen molar-refractivity contribution in [2.45, 2.75) is 30.4 Å². The zero-order valence-electron chi connectivity index (χ0n) is 13.4. The van der Waals surface area contributed by atoms with Gasteiger partial charge in [-0.05, 0) is 108 Å². The molecule has 0 saturated heterocycles. The fraction of sp³-hybridized carbons (Fsp3) is 0.308. The molecule has 0 saturated carbocycles. The predicted molar refractivity (Wildman–Crippen MR) is 141 cm³/mol. The average molecular weight is 538 g/mol. The number of hydrogen-bond acceptors (Lipinski definition) is 5. The molecule has 12 heteroatoms. The van der Waals surface area contributed by atoms with Crippen LogP contribution < -0.4 is 0 Å². The SMILES string of the molecule is C/C=C(\C)C(C)SS(Sc1nc2ccccc2s1)=S=S=S=S=S=S=S. The van der Waals surface area contributed by atoms with Crippen LogP contribution in [-0.4, -0.2) is 10.2 Å². The van der Waals surface area contributed by atoms with Gasteiger partial charge in [-0.25, -0.2) is 4.98 Å². The summed E-state index contributed by atoms with van der Waals surface area (Å²) in [6, 6.07) is 8.36. The van der Waals surface area contributed by atoms with Crippen LogP contribution in [-0.2, 0) is 72.0 Å². The molecule has 0 aliphatic carbocycles. The van der Waals surface area contributed by atoms with Crippen LogP contribution in [0.15, 0.2) is 40.3 Å². The van der Waals surface area contributed by atoms with E-state index in [0.717, 1.165) is 9.86 Å². The Hall–Kier alpha value is 1.44. The first-order chi connectivity index (χ1) is 12.1. The molecular weight excluding hydrogens is 523 g/mol. The lowest BCUT2D eigenvalue weighted by Crippen LogP contribution is -1.98. The maximum Gasteiger partial charge on any atom is 0.162 e. The van der Waals surface area contributed by atoms with Crippen LogP contribution in [0.2, 0.25) is 0 Å². The van der Waals surface area contributed by atoms with E-state index in [2.05, 4.69) is 51.1 Å². The Bertz CT molecular complexity index is 998. The Morgan fingerprint density at radius 2 is 2.00 bits per heavy atom. The average Bonchev–Trinajstić information content (AvgIpc) is 3.02. The molecule has 0 aliphatic rings. The molecule has 138 valence electrons. The quantitative estimate of drug-likeness (QED) is 0.375. The number of fused-ring (bicyclic) bond motifs is 1. The third-order valence-electron chi connectivity index (χ3n) is 2.93. The highest BCUT2D eigenvalue weighted by Crippen LogP contribution is 2.38. The maximum atomic E-state index is 4.88. The van der Waals surface area contributed by atoms with Crippen LogP contribution in [0.4, 0.5) is 0 Å². The maximum absolute atomic E-state index is 4.88. The molecule has 2 unspecified atom stereocenters. The summed E-state index contributed by atoms with van der Waals surface area (Å²) in [5.74, 6) is 0. The number of allylic oxidation sites excluding steroid dienone is 1. The van der Waals surface area contributed by atoms with Crippen molar-refractivity contribution in [3.8, 4) is 0 Å². The van der Waals surface area contributed by atoms with Gasteiger partial charge in [-0.1, -0.05) is 34.6 Å². The molecule has 2 atom stereocenters. The topological polar surface area (TPSA) is 12.9 Å². The molecule has 0 aliphatic heterocycles. The van der Waals surface area contributed by atoms with Gasteiger partial charge in [0.2, 0.25) is 0 Å². The Morgan fingerprint density at radius 3 is 2.72 bits per heavy atom. The largest absolute Gasteiger partial charge is 0.229 e. The number of para-hydroxylation sites is 1. The first-order valence-electron chi connectivity index (χ1n) is 6.85. The summed E-state index contributed by atoms with van der Waals surface area (Å²) in [5, 5.41) is 0.513. The van der Waals surface area contributed by atoms with Crippen molar-refractivity contribution in [3.05, 3.63) is 35.9 Å².